The van der Waals surface area contributed by atoms with Gasteiger partial charge in [-0.05, 0) is 67.6 Å². The summed E-state index contributed by atoms with van der Waals surface area (Å²) in [4.78, 5) is 13.3. The van der Waals surface area contributed by atoms with Gasteiger partial charge in [0.1, 0.15) is 5.75 Å². The monoisotopic (exact) mass is 451 g/mol. The van der Waals surface area contributed by atoms with E-state index in [1.165, 1.54) is 12.1 Å². The molecule has 0 saturated heterocycles. The van der Waals surface area contributed by atoms with Crippen LogP contribution < -0.4 is 9.04 Å². The SMILES string of the molecule is CCCCc1ccc(N(C(=O)COc2c(C)cccc2C)S(=O)(=O)c2ccccc2)cc1. The number of benzene rings is 3. The van der Waals surface area contributed by atoms with Gasteiger partial charge in [-0.2, -0.15) is 4.31 Å². The van der Waals surface area contributed by atoms with Crippen LogP contribution in [0, 0.1) is 13.8 Å². The number of hydrogen-bond donors (Lipinski definition) is 0. The van der Waals surface area contributed by atoms with E-state index in [0.29, 0.717) is 11.4 Å². The summed E-state index contributed by atoms with van der Waals surface area (Å²) in [6.45, 7) is 5.51. The summed E-state index contributed by atoms with van der Waals surface area (Å²) in [7, 11) is -4.10. The van der Waals surface area contributed by atoms with E-state index in [1.54, 1.807) is 30.3 Å². The maximum Gasteiger partial charge on any atom is 0.278 e. The minimum atomic E-state index is -4.10. The quantitative estimate of drug-likeness (QED) is 0.434. The van der Waals surface area contributed by atoms with Gasteiger partial charge in [0.15, 0.2) is 6.61 Å². The summed E-state index contributed by atoms with van der Waals surface area (Å²) in [6.07, 6.45) is 3.03. The smallest absolute Gasteiger partial charge is 0.278 e. The Kier molecular flexibility index (Phi) is 7.70. The number of sulfonamides is 1. The molecule has 0 spiro atoms. The molecule has 0 aromatic heterocycles. The number of hydrogen-bond acceptors (Lipinski definition) is 4. The highest BCUT2D eigenvalue weighted by molar-refractivity contribution is 7.93. The summed E-state index contributed by atoms with van der Waals surface area (Å²) >= 11 is 0. The van der Waals surface area contributed by atoms with Crippen LogP contribution in [0.4, 0.5) is 5.69 Å². The number of amides is 1. The van der Waals surface area contributed by atoms with Crippen LogP contribution in [0.1, 0.15) is 36.5 Å². The number of carbonyl (C=O) groups is 1. The summed E-state index contributed by atoms with van der Waals surface area (Å²) in [6, 6.07) is 20.8. The van der Waals surface area contributed by atoms with Crippen LogP contribution in [0.5, 0.6) is 5.75 Å². The first-order valence-electron chi connectivity index (χ1n) is 10.8. The number of ether oxygens (including phenoxy) is 1. The van der Waals surface area contributed by atoms with Crippen LogP contribution in [0.25, 0.3) is 0 Å². The van der Waals surface area contributed by atoms with Crippen LogP contribution in [0.2, 0.25) is 0 Å². The fourth-order valence-corrected chi connectivity index (χ4v) is 4.94. The summed E-state index contributed by atoms with van der Waals surface area (Å²) in [5.41, 5.74) is 3.17. The fourth-order valence-electron chi connectivity index (χ4n) is 3.51. The van der Waals surface area contributed by atoms with Crippen LogP contribution in [-0.4, -0.2) is 20.9 Å². The summed E-state index contributed by atoms with van der Waals surface area (Å²) in [5, 5.41) is 0. The van der Waals surface area contributed by atoms with E-state index in [0.717, 1.165) is 40.3 Å². The van der Waals surface area contributed by atoms with Crippen molar-refractivity contribution in [3.8, 4) is 5.75 Å². The zero-order chi connectivity index (χ0) is 23.1. The van der Waals surface area contributed by atoms with Crippen LogP contribution >= 0.6 is 0 Å². The molecule has 0 saturated carbocycles. The van der Waals surface area contributed by atoms with Crippen molar-refractivity contribution in [1.29, 1.82) is 0 Å². The molecular weight excluding hydrogens is 422 g/mol. The van der Waals surface area contributed by atoms with E-state index >= 15 is 0 Å². The molecule has 0 N–H and O–H groups in total. The number of anilines is 1. The molecule has 0 radical (unpaired) electrons. The largest absolute Gasteiger partial charge is 0.483 e. The van der Waals surface area contributed by atoms with Gasteiger partial charge in [0.25, 0.3) is 15.9 Å². The second kappa shape index (κ2) is 10.5. The second-order valence-corrected chi connectivity index (χ2v) is 9.54. The molecule has 3 aromatic rings. The highest BCUT2D eigenvalue weighted by Crippen LogP contribution is 2.26. The lowest BCUT2D eigenvalue weighted by molar-refractivity contribution is -0.119. The third-order valence-corrected chi connectivity index (χ3v) is 7.01. The van der Waals surface area contributed by atoms with Gasteiger partial charge in [-0.3, -0.25) is 4.79 Å². The Labute approximate surface area is 190 Å². The maximum absolute atomic E-state index is 13.4. The van der Waals surface area contributed by atoms with E-state index < -0.39 is 22.5 Å². The molecule has 3 aromatic carbocycles. The first-order valence-corrected chi connectivity index (χ1v) is 12.2. The molecule has 0 aliphatic carbocycles. The molecule has 1 amide bonds. The second-order valence-electron chi connectivity index (χ2n) is 7.76. The van der Waals surface area contributed by atoms with Crippen molar-refractivity contribution in [1.82, 2.24) is 0 Å². The van der Waals surface area contributed by atoms with E-state index in [4.69, 9.17) is 4.74 Å². The molecular formula is C26H29NO4S. The predicted molar refractivity (Wildman–Crippen MR) is 128 cm³/mol. The molecule has 0 fully saturated rings. The Morgan fingerprint density at radius 1 is 0.875 bits per heavy atom. The van der Waals surface area contributed by atoms with Gasteiger partial charge in [-0.15, -0.1) is 0 Å². The number of carbonyl (C=O) groups excluding carboxylic acids is 1. The van der Waals surface area contributed by atoms with Gasteiger partial charge in [0, 0.05) is 0 Å². The van der Waals surface area contributed by atoms with Crippen LogP contribution in [-0.2, 0) is 21.2 Å². The molecule has 0 aliphatic heterocycles. The van der Waals surface area contributed by atoms with Crippen molar-refractivity contribution < 1.29 is 17.9 Å². The van der Waals surface area contributed by atoms with Gasteiger partial charge in [-0.25, -0.2) is 8.42 Å². The van der Waals surface area contributed by atoms with Crippen LogP contribution in [0.3, 0.4) is 0 Å². The van der Waals surface area contributed by atoms with Crippen molar-refractivity contribution in [2.24, 2.45) is 0 Å². The van der Waals surface area contributed by atoms with Crippen molar-refractivity contribution in [2.45, 2.75) is 44.9 Å². The summed E-state index contributed by atoms with van der Waals surface area (Å²) in [5.74, 6) is -0.0642. The molecule has 168 valence electrons. The van der Waals surface area contributed by atoms with Gasteiger partial charge in [0.2, 0.25) is 0 Å². The molecule has 0 atom stereocenters. The third kappa shape index (κ3) is 5.37. The number of rotatable bonds is 9. The van der Waals surface area contributed by atoms with Crippen LogP contribution in [0.15, 0.2) is 77.7 Å². The molecule has 32 heavy (non-hydrogen) atoms. The molecule has 3 rings (SSSR count). The standard InChI is InChI=1S/C26H29NO4S/c1-4-5-12-22-15-17-23(18-16-22)27(32(29,30)24-13-7-6-8-14-24)25(28)19-31-26-20(2)10-9-11-21(26)3/h6-11,13-18H,4-5,12,19H2,1-3H3. The number of unbranched alkanes of at least 4 members (excludes halogenated alkanes) is 1. The van der Waals surface area contributed by atoms with E-state index in [9.17, 15) is 13.2 Å². The van der Waals surface area contributed by atoms with E-state index in [2.05, 4.69) is 6.92 Å². The third-order valence-electron chi connectivity index (χ3n) is 5.25. The average molecular weight is 452 g/mol. The molecule has 5 nitrogen and oxygen atoms in total. The Bertz CT molecular complexity index is 1140. The highest BCUT2D eigenvalue weighted by atomic mass is 32.2. The highest BCUT2D eigenvalue weighted by Gasteiger charge is 2.31. The number of aryl methyl sites for hydroxylation is 3. The van der Waals surface area contributed by atoms with Gasteiger partial charge in [0.05, 0.1) is 10.6 Å². The Hall–Kier alpha value is -3.12. The fraction of sp³-hybridized carbons (Fsp3) is 0.269. The minimum absolute atomic E-state index is 0.0514. The van der Waals surface area contributed by atoms with Gasteiger partial charge in [-0.1, -0.05) is 61.9 Å². The zero-order valence-electron chi connectivity index (χ0n) is 18.7. The zero-order valence-corrected chi connectivity index (χ0v) is 19.6. The maximum atomic E-state index is 13.4. The Balaban J connectivity index is 1.94. The lowest BCUT2D eigenvalue weighted by atomic mass is 10.1. The van der Waals surface area contributed by atoms with E-state index in [1.807, 2.05) is 44.2 Å². The van der Waals surface area contributed by atoms with Crippen molar-refractivity contribution >= 4 is 21.6 Å². The van der Waals surface area contributed by atoms with Crippen molar-refractivity contribution in [3.63, 3.8) is 0 Å². The Morgan fingerprint density at radius 3 is 2.09 bits per heavy atom. The molecule has 0 bridgehead atoms. The lowest BCUT2D eigenvalue weighted by Crippen LogP contribution is -2.40. The topological polar surface area (TPSA) is 63.7 Å². The number of nitrogens with zero attached hydrogens (tertiary/aromatic N) is 1. The average Bonchev–Trinajstić information content (AvgIpc) is 2.79. The minimum Gasteiger partial charge on any atom is -0.483 e. The molecule has 6 heteroatoms. The van der Waals surface area contributed by atoms with Crippen molar-refractivity contribution in [2.75, 3.05) is 10.9 Å². The Morgan fingerprint density at radius 2 is 1.50 bits per heavy atom. The normalized spacial score (nSPS) is 11.2. The lowest BCUT2D eigenvalue weighted by Gasteiger charge is -2.23. The molecule has 0 aliphatic rings. The molecule has 0 heterocycles. The van der Waals surface area contributed by atoms with E-state index in [-0.39, 0.29) is 4.90 Å². The molecule has 0 unspecified atom stereocenters. The summed E-state index contributed by atoms with van der Waals surface area (Å²) < 4.78 is 33.5. The van der Waals surface area contributed by atoms with Crippen molar-refractivity contribution in [3.05, 3.63) is 89.5 Å². The van der Waals surface area contributed by atoms with Gasteiger partial charge >= 0.3 is 0 Å². The van der Waals surface area contributed by atoms with Gasteiger partial charge < -0.3 is 4.74 Å². The first kappa shape index (κ1) is 23.5. The predicted octanol–water partition coefficient (Wildman–Crippen LogP) is 5.45. The first-order chi connectivity index (χ1) is 15.3. The number of para-hydroxylation sites is 1.